The number of nitrogens with zero attached hydrogens (tertiary/aromatic N) is 3. The van der Waals surface area contributed by atoms with Crippen molar-refractivity contribution in [2.75, 3.05) is 6.54 Å². The third-order valence-corrected chi connectivity index (χ3v) is 6.27. The Labute approximate surface area is 132 Å². The molecule has 1 aliphatic heterocycles. The van der Waals surface area contributed by atoms with Gasteiger partial charge in [-0.2, -0.15) is 4.31 Å². The molecule has 2 aromatic rings. The number of carboxylic acids is 1. The summed E-state index contributed by atoms with van der Waals surface area (Å²) in [5.74, 6) is -0.821. The van der Waals surface area contributed by atoms with Gasteiger partial charge in [0.25, 0.3) is 5.71 Å². The number of rotatable bonds is 4. The summed E-state index contributed by atoms with van der Waals surface area (Å²) in [5, 5.41) is 13.8. The molecule has 2 fully saturated rings. The van der Waals surface area contributed by atoms with Crippen LogP contribution < -0.4 is 0 Å². The number of aromatic nitrogens is 2. The van der Waals surface area contributed by atoms with Gasteiger partial charge in [0, 0.05) is 12.5 Å². The van der Waals surface area contributed by atoms with Crippen LogP contribution in [0.5, 0.6) is 0 Å². The minimum atomic E-state index is -3.90. The lowest BCUT2D eigenvalue weighted by Gasteiger charge is -2.20. The molecule has 8 nitrogen and oxygen atoms in total. The van der Waals surface area contributed by atoms with E-state index in [1.54, 1.807) is 0 Å². The molecule has 9 heteroatoms. The number of hydrogen-bond acceptors (Lipinski definition) is 6. The Bertz CT molecular complexity index is 887. The third kappa shape index (κ3) is 2.31. The van der Waals surface area contributed by atoms with Crippen LogP contribution in [-0.2, 0) is 14.8 Å². The summed E-state index contributed by atoms with van der Waals surface area (Å²) >= 11 is 0. The van der Waals surface area contributed by atoms with E-state index in [1.165, 1.54) is 12.3 Å². The molecule has 1 saturated heterocycles. The summed E-state index contributed by atoms with van der Waals surface area (Å²) in [6.07, 6.45) is 4.08. The van der Waals surface area contributed by atoms with Crippen molar-refractivity contribution in [3.63, 3.8) is 0 Å². The molecular formula is C14H15N3O5S. The molecule has 23 heavy (non-hydrogen) atoms. The Hall–Kier alpha value is -2.00. The van der Waals surface area contributed by atoms with E-state index in [0.717, 1.165) is 22.8 Å². The van der Waals surface area contributed by atoms with Crippen molar-refractivity contribution in [3.05, 3.63) is 18.0 Å². The van der Waals surface area contributed by atoms with E-state index in [4.69, 9.17) is 4.52 Å². The first-order valence-electron chi connectivity index (χ1n) is 7.48. The van der Waals surface area contributed by atoms with Crippen molar-refractivity contribution < 1.29 is 22.8 Å². The van der Waals surface area contributed by atoms with E-state index in [0.29, 0.717) is 29.9 Å². The molecule has 1 saturated carbocycles. The Morgan fingerprint density at radius 1 is 1.35 bits per heavy atom. The Morgan fingerprint density at radius 2 is 2.13 bits per heavy atom. The molecule has 1 atom stereocenters. The number of pyridine rings is 1. The zero-order valence-electron chi connectivity index (χ0n) is 12.2. The van der Waals surface area contributed by atoms with Crippen LogP contribution in [-0.4, -0.2) is 46.5 Å². The van der Waals surface area contributed by atoms with E-state index in [9.17, 15) is 18.3 Å². The van der Waals surface area contributed by atoms with Gasteiger partial charge in [-0.1, -0.05) is 5.16 Å². The average Bonchev–Trinajstić information content (AvgIpc) is 3.08. The monoisotopic (exact) mass is 337 g/mol. The first-order chi connectivity index (χ1) is 11.0. The van der Waals surface area contributed by atoms with Crippen molar-refractivity contribution in [1.29, 1.82) is 0 Å². The smallest absolute Gasteiger partial charge is 0.322 e. The molecular weight excluding hydrogens is 322 g/mol. The molecule has 0 aromatic carbocycles. The van der Waals surface area contributed by atoms with E-state index < -0.39 is 22.0 Å². The van der Waals surface area contributed by atoms with Gasteiger partial charge in [0.15, 0.2) is 0 Å². The maximum Gasteiger partial charge on any atom is 0.322 e. The topological polar surface area (TPSA) is 114 Å². The lowest BCUT2D eigenvalue weighted by Crippen LogP contribution is -2.40. The highest BCUT2D eigenvalue weighted by Gasteiger charge is 2.40. The number of sulfonamides is 1. The van der Waals surface area contributed by atoms with E-state index >= 15 is 0 Å². The van der Waals surface area contributed by atoms with Gasteiger partial charge >= 0.3 is 5.97 Å². The fourth-order valence-corrected chi connectivity index (χ4v) is 4.66. The van der Waals surface area contributed by atoms with Gasteiger partial charge in [-0.25, -0.2) is 13.4 Å². The van der Waals surface area contributed by atoms with Crippen LogP contribution in [0.2, 0.25) is 0 Å². The standard InChI is InChI=1S/C14H15N3O5S/c18-14(19)11-2-1-5-17(11)23(20,21)9-6-10-12(8-3-4-8)16-22-13(10)15-7-9/h6-8,11H,1-5H2,(H,18,19)/t11-/m1/s1. The summed E-state index contributed by atoms with van der Waals surface area (Å²) in [7, 11) is -3.90. The number of fused-ring (bicyclic) bond motifs is 1. The highest BCUT2D eigenvalue weighted by Crippen LogP contribution is 2.42. The molecule has 0 amide bonds. The molecule has 1 N–H and O–H groups in total. The predicted molar refractivity (Wildman–Crippen MR) is 78.3 cm³/mol. The van der Waals surface area contributed by atoms with Gasteiger partial charge in [0.2, 0.25) is 10.0 Å². The molecule has 0 bridgehead atoms. The van der Waals surface area contributed by atoms with E-state index in [2.05, 4.69) is 10.1 Å². The van der Waals surface area contributed by atoms with Gasteiger partial charge in [-0.15, -0.1) is 0 Å². The summed E-state index contributed by atoms with van der Waals surface area (Å²) < 4.78 is 31.7. The van der Waals surface area contributed by atoms with Crippen LogP contribution >= 0.6 is 0 Å². The van der Waals surface area contributed by atoms with Crippen LogP contribution in [0.1, 0.15) is 37.3 Å². The molecule has 3 heterocycles. The predicted octanol–water partition coefficient (Wildman–Crippen LogP) is 1.34. The van der Waals surface area contributed by atoms with Crippen LogP contribution in [0, 0.1) is 0 Å². The fourth-order valence-electron chi connectivity index (χ4n) is 3.03. The minimum Gasteiger partial charge on any atom is -0.480 e. The summed E-state index contributed by atoms with van der Waals surface area (Å²) in [6, 6.07) is 0.486. The van der Waals surface area contributed by atoms with E-state index in [-0.39, 0.29) is 11.4 Å². The summed E-state index contributed by atoms with van der Waals surface area (Å²) in [5.41, 5.74) is 1.04. The number of hydrogen-bond donors (Lipinski definition) is 1. The zero-order valence-corrected chi connectivity index (χ0v) is 13.0. The van der Waals surface area contributed by atoms with Crippen molar-refractivity contribution in [2.24, 2.45) is 0 Å². The van der Waals surface area contributed by atoms with Gasteiger partial charge in [-0.05, 0) is 31.7 Å². The van der Waals surface area contributed by atoms with Crippen LogP contribution in [0.4, 0.5) is 0 Å². The van der Waals surface area contributed by atoms with Crippen molar-refractivity contribution >= 4 is 27.1 Å². The van der Waals surface area contributed by atoms with Crippen LogP contribution in [0.3, 0.4) is 0 Å². The maximum atomic E-state index is 12.8. The van der Waals surface area contributed by atoms with Crippen LogP contribution in [0.25, 0.3) is 11.1 Å². The molecule has 1 aliphatic carbocycles. The second-order valence-corrected chi connectivity index (χ2v) is 7.87. The number of aliphatic carboxylic acids is 1. The fraction of sp³-hybridized carbons (Fsp3) is 0.500. The number of carboxylic acid groups (broad SMARTS) is 1. The molecule has 4 rings (SSSR count). The molecule has 0 unspecified atom stereocenters. The van der Waals surface area contributed by atoms with Gasteiger partial charge < -0.3 is 9.63 Å². The average molecular weight is 337 g/mol. The molecule has 0 radical (unpaired) electrons. The normalized spacial score (nSPS) is 22.7. The Morgan fingerprint density at radius 3 is 2.83 bits per heavy atom. The highest BCUT2D eigenvalue weighted by atomic mass is 32.2. The molecule has 2 aromatic heterocycles. The SMILES string of the molecule is O=C(O)[C@H]1CCCN1S(=O)(=O)c1cnc2onc(C3CC3)c2c1. The first-order valence-corrected chi connectivity index (χ1v) is 8.92. The van der Waals surface area contributed by atoms with Gasteiger partial charge in [-0.3, -0.25) is 4.79 Å². The molecule has 122 valence electrons. The second-order valence-electron chi connectivity index (χ2n) is 5.98. The second kappa shape index (κ2) is 5.00. The Kier molecular flexibility index (Phi) is 3.17. The summed E-state index contributed by atoms with van der Waals surface area (Å²) in [6.45, 7) is 0.205. The lowest BCUT2D eigenvalue weighted by molar-refractivity contribution is -0.140. The quantitative estimate of drug-likeness (QED) is 0.895. The minimum absolute atomic E-state index is 0.0109. The van der Waals surface area contributed by atoms with Crippen molar-refractivity contribution in [3.8, 4) is 0 Å². The molecule has 2 aliphatic rings. The Balaban J connectivity index is 1.78. The van der Waals surface area contributed by atoms with Crippen LogP contribution in [0.15, 0.2) is 21.7 Å². The van der Waals surface area contributed by atoms with Gasteiger partial charge in [0.1, 0.15) is 10.9 Å². The zero-order chi connectivity index (χ0) is 16.2. The largest absolute Gasteiger partial charge is 0.480 e. The van der Waals surface area contributed by atoms with Crippen molar-refractivity contribution in [1.82, 2.24) is 14.4 Å². The maximum absolute atomic E-state index is 12.8. The highest BCUT2D eigenvalue weighted by molar-refractivity contribution is 7.89. The first kappa shape index (κ1) is 14.6. The summed E-state index contributed by atoms with van der Waals surface area (Å²) in [4.78, 5) is 15.3. The third-order valence-electron chi connectivity index (χ3n) is 4.39. The lowest BCUT2D eigenvalue weighted by atomic mass is 10.2. The molecule has 0 spiro atoms. The van der Waals surface area contributed by atoms with Gasteiger partial charge in [0.05, 0.1) is 17.3 Å². The van der Waals surface area contributed by atoms with E-state index in [1.807, 2.05) is 0 Å². The number of carbonyl (C=O) groups is 1. The van der Waals surface area contributed by atoms with Crippen molar-refractivity contribution in [2.45, 2.75) is 42.5 Å².